The summed E-state index contributed by atoms with van der Waals surface area (Å²) in [5, 5.41) is 21.8. The molecule has 5 rings (SSSR count). The Morgan fingerprint density at radius 1 is 0.977 bits per heavy atom. The van der Waals surface area contributed by atoms with Crippen molar-refractivity contribution < 1.29 is 34.0 Å². The number of hydrogen-bond acceptors (Lipinski definition) is 8. The van der Waals surface area contributed by atoms with Crippen LogP contribution in [0.15, 0.2) is 72.3 Å². The summed E-state index contributed by atoms with van der Waals surface area (Å²) in [6.45, 7) is 8.62. The highest BCUT2D eigenvalue weighted by Crippen LogP contribution is 2.42. The molecule has 1 atom stereocenters. The van der Waals surface area contributed by atoms with E-state index in [2.05, 4.69) is 4.90 Å². The maximum absolute atomic E-state index is 13.5. The Kier molecular flexibility index (Phi) is 9.64. The zero-order valence-electron chi connectivity index (χ0n) is 24.6. The van der Waals surface area contributed by atoms with Gasteiger partial charge in [-0.1, -0.05) is 30.3 Å². The number of aromatic hydroxyl groups is 1. The molecule has 2 N–H and O–H groups in total. The fourth-order valence-electron chi connectivity index (χ4n) is 5.52. The predicted octanol–water partition coefficient (Wildman–Crippen LogP) is 4.82. The highest BCUT2D eigenvalue weighted by Gasteiger charge is 2.46. The maximum Gasteiger partial charge on any atom is 0.295 e. The van der Waals surface area contributed by atoms with Gasteiger partial charge in [-0.15, -0.1) is 0 Å². The number of benzene rings is 3. The summed E-state index contributed by atoms with van der Waals surface area (Å²) in [7, 11) is 0. The molecule has 2 saturated heterocycles. The number of phenolic OH excluding ortho intramolecular Hbond substituents is 1. The van der Waals surface area contributed by atoms with Crippen LogP contribution in [0, 0.1) is 6.92 Å². The summed E-state index contributed by atoms with van der Waals surface area (Å²) in [6.07, 6.45) is 0.646. The van der Waals surface area contributed by atoms with E-state index in [1.54, 1.807) is 43.3 Å². The minimum absolute atomic E-state index is 0.00177. The van der Waals surface area contributed by atoms with E-state index < -0.39 is 17.7 Å². The van der Waals surface area contributed by atoms with Gasteiger partial charge in [0, 0.05) is 31.7 Å². The first-order valence-electron chi connectivity index (χ1n) is 14.7. The number of ether oxygens (including phenoxy) is 3. The number of ketones is 1. The van der Waals surface area contributed by atoms with Gasteiger partial charge < -0.3 is 29.3 Å². The number of nitrogens with zero attached hydrogens (tertiary/aromatic N) is 2. The van der Waals surface area contributed by atoms with E-state index in [0.29, 0.717) is 56.3 Å². The number of amides is 1. The van der Waals surface area contributed by atoms with E-state index in [-0.39, 0.29) is 22.8 Å². The van der Waals surface area contributed by atoms with Crippen LogP contribution in [-0.2, 0) is 20.9 Å². The maximum atomic E-state index is 13.5. The van der Waals surface area contributed by atoms with E-state index in [1.807, 2.05) is 31.2 Å². The molecule has 0 radical (unpaired) electrons. The molecule has 2 aliphatic rings. The average Bonchev–Trinajstić information content (AvgIpc) is 3.27. The number of aliphatic hydroxyl groups is 1. The number of Topliss-reactive ketones (excluding diaryl/α,β-unsaturated/α-hetero) is 1. The lowest BCUT2D eigenvalue weighted by molar-refractivity contribution is -0.140. The summed E-state index contributed by atoms with van der Waals surface area (Å²) in [4.78, 5) is 30.6. The Morgan fingerprint density at radius 2 is 1.72 bits per heavy atom. The first kappa shape index (κ1) is 30.1. The van der Waals surface area contributed by atoms with E-state index in [4.69, 9.17) is 14.2 Å². The van der Waals surface area contributed by atoms with Gasteiger partial charge in [-0.2, -0.15) is 0 Å². The van der Waals surface area contributed by atoms with Gasteiger partial charge in [-0.25, -0.2) is 0 Å². The molecule has 2 heterocycles. The molecule has 1 unspecified atom stereocenters. The third-order valence-corrected chi connectivity index (χ3v) is 7.90. The molecular formula is C34H38N2O7. The predicted molar refractivity (Wildman–Crippen MR) is 162 cm³/mol. The molecule has 2 aliphatic heterocycles. The summed E-state index contributed by atoms with van der Waals surface area (Å²) < 4.78 is 17.0. The molecule has 9 heteroatoms. The number of likely N-dealkylation sites (tertiary alicyclic amines) is 1. The number of carbonyl (C=O) groups is 2. The number of morpholine rings is 1. The number of aliphatic hydroxyl groups excluding tert-OH is 1. The highest BCUT2D eigenvalue weighted by atomic mass is 16.5. The molecular weight excluding hydrogens is 548 g/mol. The monoisotopic (exact) mass is 586 g/mol. The van der Waals surface area contributed by atoms with Crippen molar-refractivity contribution in [3.8, 4) is 17.2 Å². The zero-order valence-corrected chi connectivity index (χ0v) is 24.6. The van der Waals surface area contributed by atoms with E-state index in [9.17, 15) is 19.8 Å². The van der Waals surface area contributed by atoms with Crippen LogP contribution in [0.5, 0.6) is 17.2 Å². The standard InChI is InChI=1S/C34H38N2O7/c1-3-42-29-21-25(11-14-28(29)37)31-30(33(39)34(40)36(31)16-6-15-35-17-19-41-20-18-35)32(38)24-9-12-27(13-10-24)43-22-26-8-5-4-7-23(26)2/h4-5,7-14,21,31,37-38H,3,6,15-20,22H2,1-2H3. The first-order chi connectivity index (χ1) is 20.9. The minimum atomic E-state index is -0.846. The van der Waals surface area contributed by atoms with Gasteiger partial charge in [0.15, 0.2) is 11.5 Å². The molecule has 226 valence electrons. The topological polar surface area (TPSA) is 109 Å². The quantitative estimate of drug-likeness (QED) is 0.187. The van der Waals surface area contributed by atoms with Crippen LogP contribution in [-0.4, -0.2) is 77.7 Å². The summed E-state index contributed by atoms with van der Waals surface area (Å²) >= 11 is 0. The third-order valence-electron chi connectivity index (χ3n) is 7.90. The van der Waals surface area contributed by atoms with Crippen molar-refractivity contribution in [2.75, 3.05) is 46.0 Å². The van der Waals surface area contributed by atoms with Crippen molar-refractivity contribution in [3.63, 3.8) is 0 Å². The zero-order chi connectivity index (χ0) is 30.3. The second kappa shape index (κ2) is 13.8. The number of phenols is 1. The highest BCUT2D eigenvalue weighted by molar-refractivity contribution is 6.46. The third kappa shape index (κ3) is 6.84. The van der Waals surface area contributed by atoms with Crippen LogP contribution >= 0.6 is 0 Å². The van der Waals surface area contributed by atoms with Crippen molar-refractivity contribution in [2.45, 2.75) is 32.9 Å². The van der Waals surface area contributed by atoms with Gasteiger partial charge >= 0.3 is 0 Å². The van der Waals surface area contributed by atoms with Crippen LogP contribution < -0.4 is 9.47 Å². The smallest absolute Gasteiger partial charge is 0.295 e. The molecule has 0 spiro atoms. The number of carbonyl (C=O) groups excluding carboxylic acids is 2. The Bertz CT molecular complexity index is 1480. The van der Waals surface area contributed by atoms with Gasteiger partial charge in [0.2, 0.25) is 0 Å². The molecule has 3 aromatic carbocycles. The van der Waals surface area contributed by atoms with Crippen LogP contribution in [0.1, 0.15) is 41.6 Å². The van der Waals surface area contributed by atoms with Gasteiger partial charge in [0.25, 0.3) is 11.7 Å². The average molecular weight is 587 g/mol. The molecule has 2 fully saturated rings. The lowest BCUT2D eigenvalue weighted by atomic mass is 9.95. The van der Waals surface area contributed by atoms with E-state index in [0.717, 1.165) is 30.8 Å². The molecule has 1 amide bonds. The SMILES string of the molecule is CCOc1cc(C2C(=C(O)c3ccc(OCc4ccccc4C)cc3)C(=O)C(=O)N2CCCN2CCOCC2)ccc1O. The van der Waals surface area contributed by atoms with Gasteiger partial charge in [0.05, 0.1) is 31.4 Å². The molecule has 0 aromatic heterocycles. The number of hydrogen-bond donors (Lipinski definition) is 2. The summed E-state index contributed by atoms with van der Waals surface area (Å²) in [6, 6.07) is 18.7. The number of rotatable bonds is 11. The second-order valence-corrected chi connectivity index (χ2v) is 10.7. The van der Waals surface area contributed by atoms with Gasteiger partial charge in [-0.3, -0.25) is 14.5 Å². The van der Waals surface area contributed by atoms with Crippen molar-refractivity contribution in [3.05, 3.63) is 94.6 Å². The molecule has 9 nitrogen and oxygen atoms in total. The molecule has 3 aromatic rings. The Labute approximate surface area is 251 Å². The molecule has 0 bridgehead atoms. The fourth-order valence-corrected chi connectivity index (χ4v) is 5.52. The fraction of sp³-hybridized carbons (Fsp3) is 0.353. The Hall–Kier alpha value is -4.34. The largest absolute Gasteiger partial charge is 0.507 e. The van der Waals surface area contributed by atoms with Crippen molar-refractivity contribution in [1.82, 2.24) is 9.80 Å². The van der Waals surface area contributed by atoms with Crippen molar-refractivity contribution in [2.24, 2.45) is 0 Å². The van der Waals surface area contributed by atoms with Gasteiger partial charge in [0.1, 0.15) is 18.1 Å². The van der Waals surface area contributed by atoms with Crippen LogP contribution in [0.25, 0.3) is 5.76 Å². The second-order valence-electron chi connectivity index (χ2n) is 10.7. The molecule has 43 heavy (non-hydrogen) atoms. The molecule has 0 saturated carbocycles. The van der Waals surface area contributed by atoms with Crippen LogP contribution in [0.4, 0.5) is 0 Å². The van der Waals surface area contributed by atoms with Crippen molar-refractivity contribution in [1.29, 1.82) is 0 Å². The normalized spacial score (nSPS) is 18.7. The Balaban J connectivity index is 1.43. The lowest BCUT2D eigenvalue weighted by Crippen LogP contribution is -2.38. The van der Waals surface area contributed by atoms with E-state index in [1.165, 1.54) is 11.0 Å². The van der Waals surface area contributed by atoms with Crippen LogP contribution in [0.3, 0.4) is 0 Å². The summed E-state index contributed by atoms with van der Waals surface area (Å²) in [5.74, 6) is -0.877. The number of aryl methyl sites for hydroxylation is 1. The minimum Gasteiger partial charge on any atom is -0.507 e. The first-order valence-corrected chi connectivity index (χ1v) is 14.7. The molecule has 0 aliphatic carbocycles. The van der Waals surface area contributed by atoms with Crippen LogP contribution in [0.2, 0.25) is 0 Å². The van der Waals surface area contributed by atoms with E-state index >= 15 is 0 Å². The lowest BCUT2D eigenvalue weighted by Gasteiger charge is -2.29. The van der Waals surface area contributed by atoms with Crippen molar-refractivity contribution >= 4 is 17.4 Å². The summed E-state index contributed by atoms with van der Waals surface area (Å²) in [5.41, 5.74) is 3.16. The van der Waals surface area contributed by atoms with Gasteiger partial charge in [-0.05, 0) is 73.4 Å². The Morgan fingerprint density at radius 3 is 2.44 bits per heavy atom.